The summed E-state index contributed by atoms with van der Waals surface area (Å²) in [5.74, 6) is 0.550. The van der Waals surface area contributed by atoms with Gasteiger partial charge in [-0.2, -0.15) is 4.80 Å². The van der Waals surface area contributed by atoms with E-state index in [0.29, 0.717) is 18.1 Å². The minimum Gasteiger partial charge on any atom is -0.372 e. The van der Waals surface area contributed by atoms with Gasteiger partial charge in [0.1, 0.15) is 12.5 Å². The van der Waals surface area contributed by atoms with Crippen LogP contribution in [0, 0.1) is 5.41 Å². The Morgan fingerprint density at radius 2 is 2.43 bits per heavy atom. The van der Waals surface area contributed by atoms with Crippen molar-refractivity contribution in [1.82, 2.24) is 29.9 Å². The van der Waals surface area contributed by atoms with Crippen molar-refractivity contribution in [2.75, 3.05) is 6.67 Å². The number of nitrogens with zero attached hydrogens (tertiary/aromatic N) is 5. The maximum atomic E-state index is 7.67. The number of hydrogen-bond donors (Lipinski definition) is 2. The smallest absolute Gasteiger partial charge is 0.210 e. The summed E-state index contributed by atoms with van der Waals surface area (Å²) >= 11 is 5.74. The van der Waals surface area contributed by atoms with Crippen molar-refractivity contribution in [3.05, 3.63) is 12.0 Å². The molecule has 0 unspecified atom stereocenters. The number of aromatic nitrogens is 4. The number of aryl methyl sites for hydroxylation is 1. The van der Waals surface area contributed by atoms with Crippen molar-refractivity contribution in [3.8, 4) is 0 Å². The Hall–Kier alpha value is -1.63. The van der Waals surface area contributed by atoms with Gasteiger partial charge in [0.05, 0.1) is 12.6 Å². The molecule has 14 heavy (non-hydrogen) atoms. The fourth-order valence-electron chi connectivity index (χ4n) is 1.07. The highest BCUT2D eigenvalue weighted by Gasteiger charge is 2.21. The number of amidine groups is 1. The Kier molecular flexibility index (Phi) is 2.08. The number of nitrogens with one attached hydrogen (secondary N) is 2. The molecule has 0 aromatic carbocycles. The van der Waals surface area contributed by atoms with Crippen molar-refractivity contribution < 1.29 is 0 Å². The highest BCUT2D eigenvalue weighted by molar-refractivity contribution is 6.33. The van der Waals surface area contributed by atoms with Gasteiger partial charge in [-0.05, 0) is 5.21 Å². The largest absolute Gasteiger partial charge is 0.372 e. The standard InChI is InChI=1S/C6H8ClN7/c1-13-11-6(10-12-13)4-2-9-3-14(7)5(4)8/h2,8-9H,3H2,1H3. The second kappa shape index (κ2) is 3.26. The van der Waals surface area contributed by atoms with Gasteiger partial charge in [-0.1, -0.05) is 0 Å². The van der Waals surface area contributed by atoms with E-state index in [-0.39, 0.29) is 5.84 Å². The van der Waals surface area contributed by atoms with Crippen LogP contribution in [-0.4, -0.2) is 37.1 Å². The van der Waals surface area contributed by atoms with Crippen LogP contribution in [0.3, 0.4) is 0 Å². The van der Waals surface area contributed by atoms with E-state index in [1.165, 1.54) is 9.22 Å². The van der Waals surface area contributed by atoms with E-state index < -0.39 is 0 Å². The predicted molar refractivity (Wildman–Crippen MR) is 50.2 cm³/mol. The van der Waals surface area contributed by atoms with Gasteiger partial charge in [-0.3, -0.25) is 5.41 Å². The summed E-state index contributed by atoms with van der Waals surface area (Å²) in [7, 11) is 1.66. The molecule has 2 N–H and O–H groups in total. The van der Waals surface area contributed by atoms with Crippen LogP contribution in [0.2, 0.25) is 0 Å². The molecule has 7 nitrogen and oxygen atoms in total. The summed E-state index contributed by atoms with van der Waals surface area (Å²) in [5.41, 5.74) is 0.527. The van der Waals surface area contributed by atoms with Gasteiger partial charge in [0.15, 0.2) is 0 Å². The van der Waals surface area contributed by atoms with E-state index in [2.05, 4.69) is 20.7 Å². The van der Waals surface area contributed by atoms with Gasteiger partial charge in [-0.15, -0.1) is 10.2 Å². The Balaban J connectivity index is 2.34. The van der Waals surface area contributed by atoms with E-state index in [4.69, 9.17) is 17.2 Å². The third-order valence-electron chi connectivity index (χ3n) is 1.72. The molecule has 0 aliphatic carbocycles. The maximum Gasteiger partial charge on any atom is 0.210 e. The molecule has 0 bridgehead atoms. The first-order valence-electron chi connectivity index (χ1n) is 3.88. The van der Waals surface area contributed by atoms with Crippen LogP contribution in [0.25, 0.3) is 5.57 Å². The maximum absolute atomic E-state index is 7.67. The normalized spacial score (nSPS) is 16.6. The van der Waals surface area contributed by atoms with Crippen LogP contribution in [0.5, 0.6) is 0 Å². The van der Waals surface area contributed by atoms with Crippen LogP contribution in [0.15, 0.2) is 6.20 Å². The molecule has 0 saturated heterocycles. The molecule has 8 heteroatoms. The predicted octanol–water partition coefficient (Wildman–Crippen LogP) is -0.455. The number of hydrogen-bond acceptors (Lipinski definition) is 5. The number of rotatable bonds is 1. The van der Waals surface area contributed by atoms with Crippen molar-refractivity contribution in [2.45, 2.75) is 0 Å². The molecule has 1 aliphatic rings. The lowest BCUT2D eigenvalue weighted by molar-refractivity contribution is 0.597. The molecule has 0 saturated carbocycles. The first-order chi connectivity index (χ1) is 6.68. The summed E-state index contributed by atoms with van der Waals surface area (Å²) in [6.45, 7) is 0.393. The quantitative estimate of drug-likeness (QED) is 0.618. The highest BCUT2D eigenvalue weighted by Crippen LogP contribution is 2.15. The van der Waals surface area contributed by atoms with Crippen molar-refractivity contribution >= 4 is 23.2 Å². The second-order valence-electron chi connectivity index (χ2n) is 2.73. The van der Waals surface area contributed by atoms with E-state index in [0.717, 1.165) is 0 Å². The first-order valence-corrected chi connectivity index (χ1v) is 4.22. The molecule has 74 valence electrons. The molecule has 0 fully saturated rings. The van der Waals surface area contributed by atoms with Crippen molar-refractivity contribution in [2.24, 2.45) is 7.05 Å². The van der Waals surface area contributed by atoms with Gasteiger partial charge in [-0.25, -0.2) is 4.42 Å². The summed E-state index contributed by atoms with van der Waals surface area (Å²) in [5, 5.41) is 22.0. The Bertz CT molecular complexity index is 395. The lowest BCUT2D eigenvalue weighted by Gasteiger charge is -2.21. The molecule has 0 amide bonds. The van der Waals surface area contributed by atoms with Crippen LogP contribution in [0.1, 0.15) is 5.82 Å². The Morgan fingerprint density at radius 1 is 1.64 bits per heavy atom. The Labute approximate surface area is 85.0 Å². The van der Waals surface area contributed by atoms with Gasteiger partial charge in [0.25, 0.3) is 0 Å². The minimum atomic E-state index is 0.165. The van der Waals surface area contributed by atoms with E-state index in [1.54, 1.807) is 13.2 Å². The van der Waals surface area contributed by atoms with Crippen molar-refractivity contribution in [3.63, 3.8) is 0 Å². The molecule has 0 radical (unpaired) electrons. The monoisotopic (exact) mass is 213 g/mol. The zero-order chi connectivity index (χ0) is 10.1. The van der Waals surface area contributed by atoms with E-state index >= 15 is 0 Å². The molecule has 2 heterocycles. The van der Waals surface area contributed by atoms with Crippen LogP contribution >= 0.6 is 11.8 Å². The fourth-order valence-corrected chi connectivity index (χ4v) is 1.23. The van der Waals surface area contributed by atoms with Gasteiger partial charge in [0, 0.05) is 18.0 Å². The summed E-state index contributed by atoms with van der Waals surface area (Å²) in [6, 6.07) is 0. The minimum absolute atomic E-state index is 0.165. The molecule has 1 aliphatic heterocycles. The average molecular weight is 214 g/mol. The summed E-state index contributed by atoms with van der Waals surface area (Å²) in [6.07, 6.45) is 1.65. The van der Waals surface area contributed by atoms with Gasteiger partial charge < -0.3 is 5.32 Å². The molecule has 2 rings (SSSR count). The molecular weight excluding hydrogens is 206 g/mol. The van der Waals surface area contributed by atoms with Gasteiger partial charge >= 0.3 is 0 Å². The zero-order valence-corrected chi connectivity index (χ0v) is 8.15. The second-order valence-corrected chi connectivity index (χ2v) is 3.14. The van der Waals surface area contributed by atoms with Crippen molar-refractivity contribution in [1.29, 1.82) is 5.41 Å². The summed E-state index contributed by atoms with van der Waals surface area (Å²) < 4.78 is 1.24. The highest BCUT2D eigenvalue weighted by atomic mass is 35.5. The number of halogens is 1. The topological polar surface area (TPSA) is 82.7 Å². The van der Waals surface area contributed by atoms with E-state index in [1.807, 2.05) is 0 Å². The average Bonchev–Trinajstić information content (AvgIpc) is 2.57. The molecule has 1 aromatic rings. The van der Waals surface area contributed by atoms with E-state index in [9.17, 15) is 0 Å². The lowest BCUT2D eigenvalue weighted by atomic mass is 10.2. The SMILES string of the molecule is Cn1nnc(C2=CNCN(Cl)C2=N)n1. The fraction of sp³-hybridized carbons (Fsp3) is 0.333. The summed E-state index contributed by atoms with van der Waals surface area (Å²) in [4.78, 5) is 1.33. The van der Waals surface area contributed by atoms with Crippen LogP contribution in [-0.2, 0) is 7.05 Å². The van der Waals surface area contributed by atoms with Crippen LogP contribution in [0.4, 0.5) is 0 Å². The molecule has 0 spiro atoms. The first kappa shape index (κ1) is 8.95. The third kappa shape index (κ3) is 1.41. The number of tetrazole rings is 1. The molecular formula is C6H8ClN7. The third-order valence-corrected chi connectivity index (χ3v) is 2.01. The lowest BCUT2D eigenvalue weighted by Crippen LogP contribution is -2.35. The zero-order valence-electron chi connectivity index (χ0n) is 7.40. The van der Waals surface area contributed by atoms with Crippen LogP contribution < -0.4 is 5.32 Å². The molecule has 1 aromatic heterocycles. The molecule has 0 atom stereocenters. The van der Waals surface area contributed by atoms with Gasteiger partial charge in [0.2, 0.25) is 5.82 Å². The Morgan fingerprint density at radius 3 is 3.07 bits per heavy atom.